The molecule has 0 fully saturated rings. The molecule has 0 radical (unpaired) electrons. The first-order valence-electron chi connectivity index (χ1n) is 10.6. The normalized spacial score (nSPS) is 13.4. The fourth-order valence-electron chi connectivity index (χ4n) is 3.27. The third kappa shape index (κ3) is 9.87. The van der Waals surface area contributed by atoms with Gasteiger partial charge in [-0.1, -0.05) is 44.2 Å². The van der Waals surface area contributed by atoms with E-state index in [1.165, 1.54) is 5.56 Å². The van der Waals surface area contributed by atoms with Crippen LogP contribution in [-0.2, 0) is 25.5 Å². The van der Waals surface area contributed by atoms with Crippen LogP contribution in [0, 0.1) is 17.8 Å². The van der Waals surface area contributed by atoms with Gasteiger partial charge in [0.1, 0.15) is 5.60 Å². The van der Waals surface area contributed by atoms with E-state index in [9.17, 15) is 14.4 Å². The molecule has 0 aromatic heterocycles. The van der Waals surface area contributed by atoms with Crippen LogP contribution in [0.1, 0.15) is 59.4 Å². The fraction of sp³-hybridized carbons (Fsp3) is 0.609. The minimum Gasteiger partial charge on any atom is -0.460 e. The molecule has 0 saturated carbocycles. The summed E-state index contributed by atoms with van der Waals surface area (Å²) in [6.45, 7) is 9.19. The summed E-state index contributed by atoms with van der Waals surface area (Å²) in [6, 6.07) is 10.0. The molecule has 0 spiro atoms. The largest absolute Gasteiger partial charge is 0.460 e. The number of ether oxygens (including phenoxy) is 1. The molecule has 30 heavy (non-hydrogen) atoms. The number of hydrogen-bond donors (Lipinski definition) is 3. The number of aryl methyl sites for hydroxylation is 1. The summed E-state index contributed by atoms with van der Waals surface area (Å²) in [5, 5.41) is 0. The number of carbonyl (C=O) groups excluding carboxylic acids is 3. The van der Waals surface area contributed by atoms with Crippen molar-refractivity contribution < 1.29 is 19.1 Å². The van der Waals surface area contributed by atoms with Crippen molar-refractivity contribution >= 4 is 17.8 Å². The Labute approximate surface area is 180 Å². The van der Waals surface area contributed by atoms with Gasteiger partial charge in [-0.25, -0.2) is 0 Å². The number of nitrogens with one attached hydrogen (secondary N) is 2. The quantitative estimate of drug-likeness (QED) is 0.399. The summed E-state index contributed by atoms with van der Waals surface area (Å²) in [5.74, 6) is -2.32. The standard InChI is InChI=1S/C23H37N3O4/c1-16(2)14-19(21(28)26-25-20(27)15-24)18(22(29)30-23(3,4)5)13-9-12-17-10-7-6-8-11-17/h6-8,10-11,16,18-19H,9,12-15,24H2,1-5H3,(H,25,27)(H,26,28)/t18-,19+/m0/s1. The molecular formula is C23H37N3O4. The van der Waals surface area contributed by atoms with E-state index in [2.05, 4.69) is 10.9 Å². The Morgan fingerprint density at radius 3 is 2.20 bits per heavy atom. The molecule has 1 aromatic rings. The highest BCUT2D eigenvalue weighted by Gasteiger charge is 2.36. The molecule has 1 aromatic carbocycles. The third-order valence-corrected chi connectivity index (χ3v) is 4.59. The molecule has 0 aliphatic rings. The van der Waals surface area contributed by atoms with Crippen LogP contribution in [0.15, 0.2) is 30.3 Å². The molecule has 0 aliphatic heterocycles. The lowest BCUT2D eigenvalue weighted by Crippen LogP contribution is -2.49. The van der Waals surface area contributed by atoms with Crippen LogP contribution in [0.5, 0.6) is 0 Å². The van der Waals surface area contributed by atoms with Crippen molar-refractivity contribution in [2.75, 3.05) is 6.54 Å². The smallest absolute Gasteiger partial charge is 0.310 e. The van der Waals surface area contributed by atoms with Gasteiger partial charge in [0, 0.05) is 0 Å². The highest BCUT2D eigenvalue weighted by atomic mass is 16.6. The number of nitrogens with two attached hydrogens (primary N) is 1. The second-order valence-corrected chi connectivity index (χ2v) is 9.00. The highest BCUT2D eigenvalue weighted by Crippen LogP contribution is 2.28. The fourth-order valence-corrected chi connectivity index (χ4v) is 3.27. The van der Waals surface area contributed by atoms with E-state index >= 15 is 0 Å². The molecule has 2 amide bonds. The molecule has 2 atom stereocenters. The first-order chi connectivity index (χ1) is 14.0. The van der Waals surface area contributed by atoms with Crippen LogP contribution in [-0.4, -0.2) is 29.9 Å². The van der Waals surface area contributed by atoms with Gasteiger partial charge >= 0.3 is 5.97 Å². The maximum absolute atomic E-state index is 13.0. The zero-order chi connectivity index (χ0) is 22.7. The molecule has 0 bridgehead atoms. The van der Waals surface area contributed by atoms with Gasteiger partial charge in [0.05, 0.1) is 18.4 Å². The lowest BCUT2D eigenvalue weighted by Gasteiger charge is -2.29. The number of amides is 2. The number of hydrazine groups is 1. The van der Waals surface area contributed by atoms with E-state index in [-0.39, 0.29) is 18.4 Å². The van der Waals surface area contributed by atoms with E-state index in [1.54, 1.807) is 0 Å². The molecule has 0 saturated heterocycles. The second-order valence-electron chi connectivity index (χ2n) is 9.00. The van der Waals surface area contributed by atoms with Gasteiger partial charge in [0.25, 0.3) is 5.91 Å². The summed E-state index contributed by atoms with van der Waals surface area (Å²) in [7, 11) is 0. The van der Waals surface area contributed by atoms with Crippen LogP contribution >= 0.6 is 0 Å². The first-order valence-corrected chi connectivity index (χ1v) is 10.6. The summed E-state index contributed by atoms with van der Waals surface area (Å²) in [6.07, 6.45) is 2.56. The monoisotopic (exact) mass is 419 g/mol. The van der Waals surface area contributed by atoms with Crippen molar-refractivity contribution in [3.63, 3.8) is 0 Å². The molecule has 0 aliphatic carbocycles. The molecule has 1 rings (SSSR count). The predicted octanol–water partition coefficient (Wildman–Crippen LogP) is 2.74. The van der Waals surface area contributed by atoms with Gasteiger partial charge in [-0.15, -0.1) is 0 Å². The number of hydrogen-bond acceptors (Lipinski definition) is 5. The van der Waals surface area contributed by atoms with Gasteiger partial charge in [-0.3, -0.25) is 25.2 Å². The third-order valence-electron chi connectivity index (χ3n) is 4.59. The van der Waals surface area contributed by atoms with Gasteiger partial charge in [0.2, 0.25) is 5.91 Å². The SMILES string of the molecule is CC(C)C[C@@H](C(=O)NNC(=O)CN)[C@H](CCCc1ccccc1)C(=O)OC(C)(C)C. The Hall–Kier alpha value is -2.41. The van der Waals surface area contributed by atoms with Gasteiger partial charge < -0.3 is 10.5 Å². The lowest BCUT2D eigenvalue weighted by molar-refractivity contribution is -0.164. The number of benzene rings is 1. The average Bonchev–Trinajstić information content (AvgIpc) is 2.66. The Bertz CT molecular complexity index is 683. The zero-order valence-corrected chi connectivity index (χ0v) is 18.9. The molecule has 7 nitrogen and oxygen atoms in total. The van der Waals surface area contributed by atoms with Crippen molar-refractivity contribution in [1.82, 2.24) is 10.9 Å². The summed E-state index contributed by atoms with van der Waals surface area (Å²) in [5.41, 5.74) is 10.5. The second kappa shape index (κ2) is 12.3. The molecule has 0 heterocycles. The van der Waals surface area contributed by atoms with E-state index in [4.69, 9.17) is 10.5 Å². The van der Waals surface area contributed by atoms with Crippen LogP contribution in [0.3, 0.4) is 0 Å². The topological polar surface area (TPSA) is 111 Å². The van der Waals surface area contributed by atoms with Crippen LogP contribution in [0.4, 0.5) is 0 Å². The molecule has 4 N–H and O–H groups in total. The molecule has 0 unspecified atom stereocenters. The summed E-state index contributed by atoms with van der Waals surface area (Å²) >= 11 is 0. The summed E-state index contributed by atoms with van der Waals surface area (Å²) < 4.78 is 5.64. The van der Waals surface area contributed by atoms with Crippen molar-refractivity contribution in [3.8, 4) is 0 Å². The number of rotatable bonds is 10. The van der Waals surface area contributed by atoms with Gasteiger partial charge in [-0.2, -0.15) is 0 Å². The van der Waals surface area contributed by atoms with Crippen molar-refractivity contribution in [2.45, 2.75) is 65.9 Å². The first kappa shape index (κ1) is 25.6. The van der Waals surface area contributed by atoms with Crippen LogP contribution in [0.2, 0.25) is 0 Å². The zero-order valence-electron chi connectivity index (χ0n) is 18.9. The minimum atomic E-state index is -0.651. The minimum absolute atomic E-state index is 0.185. The molecule has 168 valence electrons. The number of esters is 1. The van der Waals surface area contributed by atoms with Crippen LogP contribution < -0.4 is 16.6 Å². The van der Waals surface area contributed by atoms with E-state index in [0.29, 0.717) is 12.8 Å². The van der Waals surface area contributed by atoms with Gasteiger partial charge in [-0.05, 0) is 57.9 Å². The Morgan fingerprint density at radius 2 is 1.67 bits per heavy atom. The number of carbonyl (C=O) groups is 3. The Balaban J connectivity index is 2.99. The highest BCUT2D eigenvalue weighted by molar-refractivity contribution is 5.87. The van der Waals surface area contributed by atoms with Crippen molar-refractivity contribution in [3.05, 3.63) is 35.9 Å². The Kier molecular flexibility index (Phi) is 10.5. The maximum atomic E-state index is 13.0. The van der Waals surface area contributed by atoms with E-state index < -0.39 is 29.3 Å². The lowest BCUT2D eigenvalue weighted by atomic mass is 9.81. The molecular weight excluding hydrogens is 382 g/mol. The van der Waals surface area contributed by atoms with E-state index in [1.807, 2.05) is 65.0 Å². The predicted molar refractivity (Wildman–Crippen MR) is 117 cm³/mol. The van der Waals surface area contributed by atoms with Gasteiger partial charge in [0.15, 0.2) is 0 Å². The Morgan fingerprint density at radius 1 is 1.03 bits per heavy atom. The maximum Gasteiger partial charge on any atom is 0.310 e. The van der Waals surface area contributed by atoms with Crippen LogP contribution in [0.25, 0.3) is 0 Å². The summed E-state index contributed by atoms with van der Waals surface area (Å²) in [4.78, 5) is 37.3. The average molecular weight is 420 g/mol. The van der Waals surface area contributed by atoms with Crippen molar-refractivity contribution in [2.24, 2.45) is 23.5 Å². The van der Waals surface area contributed by atoms with Crippen molar-refractivity contribution in [1.29, 1.82) is 0 Å². The molecule has 7 heteroatoms. The van der Waals surface area contributed by atoms with E-state index in [0.717, 1.165) is 12.8 Å².